The molecule has 0 atom stereocenters. The van der Waals surface area contributed by atoms with Crippen molar-refractivity contribution in [2.75, 3.05) is 5.75 Å². The predicted octanol–water partition coefficient (Wildman–Crippen LogP) is 0.363. The molecule has 136 valence electrons. The molecule has 0 unspecified atom stereocenters. The summed E-state index contributed by atoms with van der Waals surface area (Å²) in [5, 5.41) is 10.8. The number of rotatable bonds is 5. The molecule has 0 aromatic carbocycles. The second kappa shape index (κ2) is 7.26. The number of carbonyl (C=O) groups excluding carboxylic acids is 1. The van der Waals surface area contributed by atoms with E-state index < -0.39 is 11.2 Å². The molecule has 0 saturated carbocycles. The summed E-state index contributed by atoms with van der Waals surface area (Å²) in [4.78, 5) is 38.1. The molecule has 0 radical (unpaired) electrons. The number of amides is 1. The Kier molecular flexibility index (Phi) is 5.51. The topological polar surface area (TPSA) is 123 Å². The van der Waals surface area contributed by atoms with Crippen molar-refractivity contribution < 1.29 is 9.21 Å². The van der Waals surface area contributed by atoms with Gasteiger partial charge in [-0.25, -0.2) is 4.79 Å². The summed E-state index contributed by atoms with van der Waals surface area (Å²) in [5.74, 6) is 0.256. The second-order valence-corrected chi connectivity index (χ2v) is 7.55. The van der Waals surface area contributed by atoms with Crippen LogP contribution in [0.1, 0.15) is 37.9 Å². The van der Waals surface area contributed by atoms with Crippen molar-refractivity contribution in [2.24, 2.45) is 7.05 Å². The summed E-state index contributed by atoms with van der Waals surface area (Å²) in [6.07, 6.45) is 0.108. The number of aryl methyl sites for hydroxylation is 1. The van der Waals surface area contributed by atoms with Gasteiger partial charge < -0.3 is 14.7 Å². The fourth-order valence-electron chi connectivity index (χ4n) is 2.08. The van der Waals surface area contributed by atoms with Crippen LogP contribution in [0.4, 0.5) is 0 Å². The summed E-state index contributed by atoms with van der Waals surface area (Å²) in [7, 11) is 1.40. The number of hydrogen-bond acceptors (Lipinski definition) is 7. The van der Waals surface area contributed by atoms with Gasteiger partial charge in [0.25, 0.3) is 10.8 Å². The first kappa shape index (κ1) is 19.0. The summed E-state index contributed by atoms with van der Waals surface area (Å²) in [6.45, 7) is 7.33. The van der Waals surface area contributed by atoms with Gasteiger partial charge in [-0.2, -0.15) is 0 Å². The first-order valence-electron chi connectivity index (χ1n) is 7.62. The van der Waals surface area contributed by atoms with E-state index in [0.29, 0.717) is 11.3 Å². The first-order chi connectivity index (χ1) is 11.6. The van der Waals surface area contributed by atoms with Crippen LogP contribution >= 0.6 is 11.8 Å². The van der Waals surface area contributed by atoms with Crippen molar-refractivity contribution in [1.82, 2.24) is 25.1 Å². The molecule has 0 spiro atoms. The fraction of sp³-hybridized carbons (Fsp3) is 0.533. The lowest BCUT2D eigenvalue weighted by Gasteiger charge is -2.19. The maximum atomic E-state index is 12.2. The molecule has 0 fully saturated rings. The molecule has 0 aliphatic carbocycles. The minimum atomic E-state index is -0.474. The Balaban J connectivity index is 2.06. The number of hydrogen-bond donors (Lipinski definition) is 2. The second-order valence-electron chi connectivity index (χ2n) is 6.62. The highest BCUT2D eigenvalue weighted by Crippen LogP contribution is 2.17. The van der Waals surface area contributed by atoms with Gasteiger partial charge in [0.05, 0.1) is 12.2 Å². The van der Waals surface area contributed by atoms with Crippen molar-refractivity contribution in [3.05, 3.63) is 38.0 Å². The number of aromatic amines is 1. The van der Waals surface area contributed by atoms with E-state index in [-0.39, 0.29) is 34.7 Å². The Bertz CT molecular complexity index is 891. The molecule has 10 heteroatoms. The lowest BCUT2D eigenvalue weighted by Crippen LogP contribution is -2.41. The lowest BCUT2D eigenvalue weighted by atomic mass is 10.1. The number of carbonyl (C=O) groups is 1. The van der Waals surface area contributed by atoms with E-state index in [1.54, 1.807) is 6.92 Å². The van der Waals surface area contributed by atoms with Gasteiger partial charge >= 0.3 is 5.69 Å². The number of H-pyrrole nitrogens is 1. The molecule has 1 amide bonds. The maximum absolute atomic E-state index is 12.2. The van der Waals surface area contributed by atoms with Crippen LogP contribution < -0.4 is 16.6 Å². The van der Waals surface area contributed by atoms with E-state index in [0.717, 1.165) is 16.3 Å². The molecule has 2 heterocycles. The molecule has 0 saturated heterocycles. The van der Waals surface area contributed by atoms with Crippen molar-refractivity contribution in [2.45, 2.75) is 44.9 Å². The van der Waals surface area contributed by atoms with Crippen LogP contribution in [-0.2, 0) is 18.3 Å². The third-order valence-electron chi connectivity index (χ3n) is 3.23. The lowest BCUT2D eigenvalue weighted by molar-refractivity contribution is -0.119. The van der Waals surface area contributed by atoms with Gasteiger partial charge in [-0.1, -0.05) is 11.8 Å². The van der Waals surface area contributed by atoms with Crippen LogP contribution in [0.15, 0.2) is 19.2 Å². The Labute approximate surface area is 148 Å². The van der Waals surface area contributed by atoms with Crippen LogP contribution in [0.5, 0.6) is 0 Å². The number of nitrogens with zero attached hydrogens (tertiary/aromatic N) is 3. The number of nitrogens with one attached hydrogen (secondary N) is 2. The highest BCUT2D eigenvalue weighted by atomic mass is 32.2. The Hall–Kier alpha value is -2.36. The predicted molar refractivity (Wildman–Crippen MR) is 92.8 cm³/mol. The standard InChI is InChI=1S/C15H21N5O4S/c1-8-9(12(22)20(5)13(23)16-8)6-11-18-19-14(24-11)25-7-10(21)17-15(2,3)4/h6-7H2,1-5H3,(H,16,23)(H,17,21). The van der Waals surface area contributed by atoms with Crippen LogP contribution in [0, 0.1) is 6.92 Å². The zero-order valence-electron chi connectivity index (χ0n) is 14.8. The minimum Gasteiger partial charge on any atom is -0.416 e. The molecular weight excluding hydrogens is 346 g/mol. The summed E-state index contributed by atoms with van der Waals surface area (Å²) < 4.78 is 6.46. The monoisotopic (exact) mass is 367 g/mol. The van der Waals surface area contributed by atoms with E-state index in [1.807, 2.05) is 20.8 Å². The highest BCUT2D eigenvalue weighted by molar-refractivity contribution is 7.99. The van der Waals surface area contributed by atoms with Gasteiger partial charge in [0.1, 0.15) is 0 Å². The van der Waals surface area contributed by atoms with Crippen molar-refractivity contribution in [3.63, 3.8) is 0 Å². The van der Waals surface area contributed by atoms with Gasteiger partial charge in [-0.15, -0.1) is 10.2 Å². The third kappa shape index (κ3) is 5.05. The minimum absolute atomic E-state index is 0.108. The van der Waals surface area contributed by atoms with Crippen LogP contribution in [0.2, 0.25) is 0 Å². The Morgan fingerprint density at radius 3 is 2.64 bits per heavy atom. The van der Waals surface area contributed by atoms with E-state index in [2.05, 4.69) is 20.5 Å². The average Bonchev–Trinajstić information content (AvgIpc) is 2.93. The number of thioether (sulfide) groups is 1. The summed E-state index contributed by atoms with van der Waals surface area (Å²) in [5.41, 5.74) is -0.340. The maximum Gasteiger partial charge on any atom is 0.328 e. The Morgan fingerprint density at radius 1 is 1.32 bits per heavy atom. The summed E-state index contributed by atoms with van der Waals surface area (Å²) >= 11 is 1.12. The molecule has 0 bridgehead atoms. The van der Waals surface area contributed by atoms with Crippen molar-refractivity contribution in [3.8, 4) is 0 Å². The van der Waals surface area contributed by atoms with Gasteiger partial charge in [0.2, 0.25) is 11.8 Å². The molecule has 2 N–H and O–H groups in total. The zero-order valence-corrected chi connectivity index (χ0v) is 15.6. The van der Waals surface area contributed by atoms with Crippen molar-refractivity contribution in [1.29, 1.82) is 0 Å². The highest BCUT2D eigenvalue weighted by Gasteiger charge is 2.17. The third-order valence-corrected chi connectivity index (χ3v) is 4.05. The molecule has 25 heavy (non-hydrogen) atoms. The molecule has 0 aliphatic rings. The first-order valence-corrected chi connectivity index (χ1v) is 8.60. The van der Waals surface area contributed by atoms with Crippen LogP contribution in [-0.4, -0.2) is 36.9 Å². The fourth-order valence-corrected chi connectivity index (χ4v) is 2.66. The quantitative estimate of drug-likeness (QED) is 0.732. The molecule has 2 rings (SSSR count). The van der Waals surface area contributed by atoms with E-state index in [9.17, 15) is 14.4 Å². The van der Waals surface area contributed by atoms with Gasteiger partial charge in [0, 0.05) is 23.8 Å². The van der Waals surface area contributed by atoms with Crippen molar-refractivity contribution >= 4 is 17.7 Å². The SMILES string of the molecule is Cc1[nH]c(=O)n(C)c(=O)c1Cc1nnc(SCC(=O)NC(C)(C)C)o1. The Morgan fingerprint density at radius 2 is 2.00 bits per heavy atom. The van der Waals surface area contributed by atoms with Gasteiger partial charge in [0.15, 0.2) is 0 Å². The smallest absolute Gasteiger partial charge is 0.328 e. The van der Waals surface area contributed by atoms with Crippen LogP contribution in [0.25, 0.3) is 0 Å². The molecule has 2 aromatic rings. The average molecular weight is 367 g/mol. The molecule has 2 aromatic heterocycles. The van der Waals surface area contributed by atoms with E-state index in [4.69, 9.17) is 4.42 Å². The molecule has 0 aliphatic heterocycles. The zero-order chi connectivity index (χ0) is 18.8. The normalized spacial score (nSPS) is 11.6. The van der Waals surface area contributed by atoms with Gasteiger partial charge in [-0.3, -0.25) is 14.2 Å². The van der Waals surface area contributed by atoms with E-state index in [1.165, 1.54) is 7.05 Å². The summed E-state index contributed by atoms with van der Waals surface area (Å²) in [6, 6.07) is 0. The van der Waals surface area contributed by atoms with E-state index >= 15 is 0 Å². The van der Waals surface area contributed by atoms with Crippen LogP contribution in [0.3, 0.4) is 0 Å². The largest absolute Gasteiger partial charge is 0.416 e. The number of aromatic nitrogens is 4. The molecule has 9 nitrogen and oxygen atoms in total. The molecular formula is C15H21N5O4S. The van der Waals surface area contributed by atoms with Gasteiger partial charge in [-0.05, 0) is 27.7 Å².